The summed E-state index contributed by atoms with van der Waals surface area (Å²) in [6, 6.07) is 0. The first-order valence-electron chi connectivity index (χ1n) is 5.91. The number of carboxylic acid groups (broad SMARTS) is 1. The van der Waals surface area contributed by atoms with Crippen molar-refractivity contribution in [1.29, 1.82) is 0 Å². The zero-order chi connectivity index (χ0) is 14.9. The Morgan fingerprint density at radius 3 is 2.21 bits per heavy atom. The standard InChI is InChI=1S/C10H19NO6S2/c1-3-10(9(12)13)4-5-11(8-10)19(16,17)7-6-18(2,14)15/h3-8H2,1-2H3,(H,12,13). The summed E-state index contributed by atoms with van der Waals surface area (Å²) in [5.41, 5.74) is -1.04. The van der Waals surface area contributed by atoms with Crippen LogP contribution in [0.1, 0.15) is 19.8 Å². The topological polar surface area (TPSA) is 109 Å². The van der Waals surface area contributed by atoms with Crippen molar-refractivity contribution in [2.45, 2.75) is 19.8 Å². The molecule has 0 aliphatic carbocycles. The van der Waals surface area contributed by atoms with Gasteiger partial charge in [0.2, 0.25) is 10.0 Å². The molecule has 0 spiro atoms. The van der Waals surface area contributed by atoms with Gasteiger partial charge in [-0.3, -0.25) is 4.79 Å². The summed E-state index contributed by atoms with van der Waals surface area (Å²) < 4.78 is 47.1. The average Bonchev–Trinajstić information content (AvgIpc) is 2.72. The number of carbonyl (C=O) groups is 1. The maximum Gasteiger partial charge on any atom is 0.311 e. The fourth-order valence-electron chi connectivity index (χ4n) is 2.07. The number of hydrogen-bond acceptors (Lipinski definition) is 5. The van der Waals surface area contributed by atoms with E-state index in [1.165, 1.54) is 0 Å². The second-order valence-electron chi connectivity index (χ2n) is 4.97. The highest BCUT2D eigenvalue weighted by Crippen LogP contribution is 2.35. The number of carboxylic acids is 1. The van der Waals surface area contributed by atoms with Crippen molar-refractivity contribution in [1.82, 2.24) is 4.31 Å². The molecule has 112 valence electrons. The van der Waals surface area contributed by atoms with Gasteiger partial charge in [0.1, 0.15) is 9.84 Å². The minimum Gasteiger partial charge on any atom is -0.481 e. The highest BCUT2D eigenvalue weighted by Gasteiger charge is 2.46. The Kier molecular flexibility index (Phi) is 4.63. The Bertz CT molecular complexity index is 553. The first-order valence-corrected chi connectivity index (χ1v) is 9.58. The van der Waals surface area contributed by atoms with E-state index in [1.54, 1.807) is 6.92 Å². The molecule has 1 rings (SSSR count). The maximum atomic E-state index is 12.0. The van der Waals surface area contributed by atoms with Crippen LogP contribution in [0.2, 0.25) is 0 Å². The summed E-state index contributed by atoms with van der Waals surface area (Å²) in [5, 5.41) is 9.19. The molecule has 0 aromatic carbocycles. The van der Waals surface area contributed by atoms with E-state index in [0.717, 1.165) is 10.6 Å². The minimum absolute atomic E-state index is 0.0784. The molecular formula is C10H19NO6S2. The van der Waals surface area contributed by atoms with Crippen molar-refractivity contribution in [3.05, 3.63) is 0 Å². The third-order valence-corrected chi connectivity index (χ3v) is 6.58. The Labute approximate surface area is 113 Å². The fourth-order valence-corrected chi connectivity index (χ4v) is 5.20. The molecule has 19 heavy (non-hydrogen) atoms. The van der Waals surface area contributed by atoms with E-state index in [9.17, 15) is 26.7 Å². The monoisotopic (exact) mass is 313 g/mol. The van der Waals surface area contributed by atoms with E-state index in [4.69, 9.17) is 0 Å². The molecule has 7 nitrogen and oxygen atoms in total. The number of aliphatic carboxylic acids is 1. The minimum atomic E-state index is -3.72. The molecule has 1 saturated heterocycles. The first kappa shape index (κ1) is 16.4. The lowest BCUT2D eigenvalue weighted by Crippen LogP contribution is -2.38. The maximum absolute atomic E-state index is 12.0. The molecule has 0 bridgehead atoms. The average molecular weight is 313 g/mol. The fraction of sp³-hybridized carbons (Fsp3) is 0.900. The summed E-state index contributed by atoms with van der Waals surface area (Å²) in [6.45, 7) is 1.76. The van der Waals surface area contributed by atoms with Crippen LogP contribution in [0.5, 0.6) is 0 Å². The smallest absolute Gasteiger partial charge is 0.311 e. The number of nitrogens with zero attached hydrogens (tertiary/aromatic N) is 1. The molecule has 1 heterocycles. The third kappa shape index (κ3) is 3.90. The second kappa shape index (κ2) is 5.37. The zero-order valence-electron chi connectivity index (χ0n) is 11.0. The molecule has 9 heteroatoms. The van der Waals surface area contributed by atoms with Gasteiger partial charge in [0, 0.05) is 19.3 Å². The van der Waals surface area contributed by atoms with Crippen molar-refractivity contribution in [3.63, 3.8) is 0 Å². The summed E-state index contributed by atoms with van der Waals surface area (Å²) in [7, 11) is -7.08. The van der Waals surface area contributed by atoms with Crippen molar-refractivity contribution < 1.29 is 26.7 Å². The molecule has 1 unspecified atom stereocenters. The SMILES string of the molecule is CCC1(C(=O)O)CCN(S(=O)(=O)CCS(C)(=O)=O)C1. The Balaban J connectivity index is 2.81. The zero-order valence-corrected chi connectivity index (χ0v) is 12.6. The summed E-state index contributed by atoms with van der Waals surface area (Å²) in [5.74, 6) is -1.95. The molecule has 1 aliphatic rings. The highest BCUT2D eigenvalue weighted by molar-refractivity contribution is 7.93. The van der Waals surface area contributed by atoms with Crippen LogP contribution < -0.4 is 0 Å². The van der Waals surface area contributed by atoms with Gasteiger partial charge in [-0.1, -0.05) is 6.92 Å². The molecule has 1 aliphatic heterocycles. The number of rotatable bonds is 6. The molecule has 0 saturated carbocycles. The Morgan fingerprint density at radius 1 is 1.26 bits per heavy atom. The molecule has 1 fully saturated rings. The van der Waals surface area contributed by atoms with Gasteiger partial charge in [-0.15, -0.1) is 0 Å². The molecule has 0 radical (unpaired) electrons. The number of sulfone groups is 1. The van der Waals surface area contributed by atoms with Gasteiger partial charge in [-0.25, -0.2) is 21.1 Å². The van der Waals surface area contributed by atoms with Crippen LogP contribution in [0.3, 0.4) is 0 Å². The first-order chi connectivity index (χ1) is 8.52. The molecule has 0 aromatic rings. The van der Waals surface area contributed by atoms with Crippen molar-refractivity contribution in [2.24, 2.45) is 5.41 Å². The third-order valence-electron chi connectivity index (χ3n) is 3.55. The van der Waals surface area contributed by atoms with Crippen LogP contribution in [-0.2, 0) is 24.7 Å². The van der Waals surface area contributed by atoms with Gasteiger partial charge in [0.25, 0.3) is 0 Å². The highest BCUT2D eigenvalue weighted by atomic mass is 32.2. The van der Waals surface area contributed by atoms with E-state index in [1.807, 2.05) is 0 Å². The largest absolute Gasteiger partial charge is 0.481 e. The molecule has 1 atom stereocenters. The Morgan fingerprint density at radius 2 is 1.84 bits per heavy atom. The summed E-state index contributed by atoms with van der Waals surface area (Å²) in [6.07, 6.45) is 1.58. The summed E-state index contributed by atoms with van der Waals surface area (Å²) in [4.78, 5) is 11.2. The van der Waals surface area contributed by atoms with Crippen LogP contribution in [0.15, 0.2) is 0 Å². The lowest BCUT2D eigenvalue weighted by molar-refractivity contribution is -0.148. The van der Waals surface area contributed by atoms with Gasteiger partial charge in [-0.2, -0.15) is 0 Å². The van der Waals surface area contributed by atoms with Gasteiger partial charge < -0.3 is 5.11 Å². The van der Waals surface area contributed by atoms with Crippen molar-refractivity contribution in [2.75, 3.05) is 30.9 Å². The molecule has 0 aromatic heterocycles. The van der Waals surface area contributed by atoms with E-state index in [-0.39, 0.29) is 19.5 Å². The van der Waals surface area contributed by atoms with E-state index in [0.29, 0.717) is 6.42 Å². The molecule has 0 amide bonds. The van der Waals surface area contributed by atoms with Crippen LogP contribution in [0.4, 0.5) is 0 Å². The van der Waals surface area contributed by atoms with Gasteiger partial charge in [0.05, 0.1) is 16.9 Å². The van der Waals surface area contributed by atoms with E-state index >= 15 is 0 Å². The molecule has 1 N–H and O–H groups in total. The van der Waals surface area contributed by atoms with Crippen LogP contribution in [0.25, 0.3) is 0 Å². The van der Waals surface area contributed by atoms with Gasteiger partial charge >= 0.3 is 5.97 Å². The van der Waals surface area contributed by atoms with Crippen molar-refractivity contribution in [3.8, 4) is 0 Å². The predicted octanol–water partition coefficient (Wildman–Crippen LogP) is -0.452. The lowest BCUT2D eigenvalue weighted by Gasteiger charge is -2.22. The normalized spacial score (nSPS) is 25.6. The predicted molar refractivity (Wildman–Crippen MR) is 70.0 cm³/mol. The number of sulfonamides is 1. The second-order valence-corrected chi connectivity index (χ2v) is 9.32. The van der Waals surface area contributed by atoms with E-state index < -0.39 is 42.8 Å². The molecular weight excluding hydrogens is 294 g/mol. The van der Waals surface area contributed by atoms with Crippen LogP contribution in [0, 0.1) is 5.41 Å². The number of hydrogen-bond donors (Lipinski definition) is 1. The van der Waals surface area contributed by atoms with Gasteiger partial charge in [0.15, 0.2) is 0 Å². The van der Waals surface area contributed by atoms with Crippen molar-refractivity contribution >= 4 is 25.8 Å². The lowest BCUT2D eigenvalue weighted by atomic mass is 9.85. The van der Waals surface area contributed by atoms with Crippen LogP contribution in [-0.4, -0.2) is 63.1 Å². The Hall–Kier alpha value is -0.670. The van der Waals surface area contributed by atoms with E-state index in [2.05, 4.69) is 0 Å². The van der Waals surface area contributed by atoms with Gasteiger partial charge in [-0.05, 0) is 12.8 Å². The quantitative estimate of drug-likeness (QED) is 0.711. The van der Waals surface area contributed by atoms with Crippen LogP contribution >= 0.6 is 0 Å². The summed E-state index contributed by atoms with van der Waals surface area (Å²) >= 11 is 0.